The molecule has 0 unspecified atom stereocenters. The van der Waals surface area contributed by atoms with Gasteiger partial charge >= 0.3 is 0 Å². The molecule has 0 saturated carbocycles. The molecule has 0 bridgehead atoms. The summed E-state index contributed by atoms with van der Waals surface area (Å²) in [7, 11) is -7.53. The van der Waals surface area contributed by atoms with E-state index in [1.807, 2.05) is 6.92 Å². The molecule has 1 aliphatic heterocycles. The zero-order valence-corrected chi connectivity index (χ0v) is 18.3. The normalized spacial score (nSPS) is 17.0. The monoisotopic (exact) mass is 462 g/mol. The highest BCUT2D eigenvalue weighted by Gasteiger charge is 2.34. The summed E-state index contributed by atoms with van der Waals surface area (Å²) < 4.78 is 53.9. The molecule has 6 nitrogen and oxygen atoms in total. The van der Waals surface area contributed by atoms with Crippen LogP contribution in [0.4, 0.5) is 0 Å². The van der Waals surface area contributed by atoms with Crippen LogP contribution in [0.15, 0.2) is 52.3 Å². The molecule has 1 saturated heterocycles. The van der Waals surface area contributed by atoms with E-state index in [9.17, 15) is 16.8 Å². The highest BCUT2D eigenvalue weighted by Crippen LogP contribution is 2.29. The van der Waals surface area contributed by atoms with E-state index in [-0.39, 0.29) is 46.0 Å². The zero-order chi connectivity index (χ0) is 20.5. The van der Waals surface area contributed by atoms with Crippen molar-refractivity contribution in [1.29, 1.82) is 0 Å². The van der Waals surface area contributed by atoms with Gasteiger partial charge in [-0.15, -0.1) is 0 Å². The molecule has 28 heavy (non-hydrogen) atoms. The molecule has 0 N–H and O–H groups in total. The van der Waals surface area contributed by atoms with E-state index in [1.165, 1.54) is 26.8 Å². The molecule has 0 amide bonds. The smallest absolute Gasteiger partial charge is 0.207 e. The minimum atomic E-state index is -3.86. The van der Waals surface area contributed by atoms with Gasteiger partial charge in [-0.05, 0) is 42.3 Å². The van der Waals surface area contributed by atoms with E-state index >= 15 is 0 Å². The number of nitrogens with zero attached hydrogens (tertiary/aromatic N) is 2. The fraction of sp³-hybridized carbons (Fsp3) is 0.333. The highest BCUT2D eigenvalue weighted by molar-refractivity contribution is 7.89. The summed E-state index contributed by atoms with van der Waals surface area (Å²) in [6, 6.07) is 11.0. The van der Waals surface area contributed by atoms with Gasteiger partial charge in [0.2, 0.25) is 20.0 Å². The van der Waals surface area contributed by atoms with Crippen molar-refractivity contribution in [2.24, 2.45) is 0 Å². The maximum absolute atomic E-state index is 12.9. The number of sulfonamides is 2. The van der Waals surface area contributed by atoms with E-state index in [0.717, 1.165) is 12.0 Å². The van der Waals surface area contributed by atoms with Crippen LogP contribution in [-0.2, 0) is 26.5 Å². The molecule has 2 aromatic carbocycles. The summed E-state index contributed by atoms with van der Waals surface area (Å²) in [5, 5.41) is 0.343. The average molecular weight is 463 g/mol. The van der Waals surface area contributed by atoms with E-state index < -0.39 is 20.0 Å². The molecular weight excluding hydrogens is 443 g/mol. The lowest BCUT2D eigenvalue weighted by atomic mass is 10.2. The van der Waals surface area contributed by atoms with Gasteiger partial charge in [0, 0.05) is 31.2 Å². The Balaban J connectivity index is 1.77. The fourth-order valence-electron chi connectivity index (χ4n) is 3.01. The van der Waals surface area contributed by atoms with Gasteiger partial charge in [-0.3, -0.25) is 0 Å². The SMILES string of the molecule is CCc1ccc(S(=O)(=O)N2CCN(S(=O)(=O)c3cc(Cl)ccc3Cl)CC2)cc1. The van der Waals surface area contributed by atoms with Gasteiger partial charge in [0.05, 0.1) is 9.92 Å². The molecule has 0 aliphatic carbocycles. The van der Waals surface area contributed by atoms with Crippen molar-refractivity contribution >= 4 is 43.2 Å². The number of halogens is 2. The van der Waals surface area contributed by atoms with Gasteiger partial charge in [0.1, 0.15) is 4.90 Å². The number of hydrogen-bond donors (Lipinski definition) is 0. The lowest BCUT2D eigenvalue weighted by molar-refractivity contribution is 0.273. The van der Waals surface area contributed by atoms with Crippen LogP contribution in [0.3, 0.4) is 0 Å². The van der Waals surface area contributed by atoms with Gasteiger partial charge in [-0.2, -0.15) is 8.61 Å². The maximum atomic E-state index is 12.9. The van der Waals surface area contributed by atoms with Crippen LogP contribution in [0.2, 0.25) is 10.0 Å². The summed E-state index contributed by atoms with van der Waals surface area (Å²) in [5.41, 5.74) is 1.05. The third-order valence-electron chi connectivity index (χ3n) is 4.68. The number of benzene rings is 2. The second-order valence-corrected chi connectivity index (χ2v) is 11.1. The topological polar surface area (TPSA) is 74.8 Å². The summed E-state index contributed by atoms with van der Waals surface area (Å²) in [6.45, 7) is 2.20. The Morgan fingerprint density at radius 1 is 0.821 bits per heavy atom. The number of aryl methyl sites for hydroxylation is 1. The standard InChI is InChI=1S/C18H20Cl2N2O4S2/c1-2-14-3-6-16(7-4-14)27(23,24)21-9-11-22(12-10-21)28(25,26)18-13-15(19)5-8-17(18)20/h3-8,13H,2,9-12H2,1H3. The van der Waals surface area contributed by atoms with Gasteiger partial charge in [-0.25, -0.2) is 16.8 Å². The summed E-state index contributed by atoms with van der Waals surface area (Å²) >= 11 is 11.9. The van der Waals surface area contributed by atoms with Crippen LogP contribution in [0.5, 0.6) is 0 Å². The van der Waals surface area contributed by atoms with Crippen LogP contribution in [0.25, 0.3) is 0 Å². The second kappa shape index (κ2) is 8.30. The number of piperazine rings is 1. The summed E-state index contributed by atoms with van der Waals surface area (Å²) in [4.78, 5) is 0.132. The Kier molecular flexibility index (Phi) is 6.38. The van der Waals surface area contributed by atoms with Crippen molar-refractivity contribution in [3.8, 4) is 0 Å². The predicted molar refractivity (Wildman–Crippen MR) is 110 cm³/mol. The summed E-state index contributed by atoms with van der Waals surface area (Å²) in [5.74, 6) is 0. The average Bonchev–Trinajstić information content (AvgIpc) is 2.70. The van der Waals surface area contributed by atoms with Gasteiger partial charge in [0.15, 0.2) is 0 Å². The van der Waals surface area contributed by atoms with Crippen LogP contribution >= 0.6 is 23.2 Å². The Hall–Kier alpha value is -1.16. The maximum Gasteiger partial charge on any atom is 0.244 e. The van der Waals surface area contributed by atoms with Crippen LogP contribution in [0.1, 0.15) is 12.5 Å². The quantitative estimate of drug-likeness (QED) is 0.683. The van der Waals surface area contributed by atoms with E-state index in [4.69, 9.17) is 23.2 Å². The van der Waals surface area contributed by atoms with E-state index in [0.29, 0.717) is 0 Å². The lowest BCUT2D eigenvalue weighted by Crippen LogP contribution is -2.50. The van der Waals surface area contributed by atoms with Crippen molar-refractivity contribution in [3.05, 3.63) is 58.1 Å². The molecule has 0 radical (unpaired) electrons. The first-order chi connectivity index (χ1) is 13.2. The third-order valence-corrected chi connectivity index (χ3v) is 9.21. The molecule has 0 atom stereocenters. The minimum absolute atomic E-state index is 0.0391. The zero-order valence-electron chi connectivity index (χ0n) is 15.2. The Morgan fingerprint density at radius 2 is 1.36 bits per heavy atom. The number of hydrogen-bond acceptors (Lipinski definition) is 4. The molecule has 1 heterocycles. The molecule has 0 aromatic heterocycles. The molecule has 3 rings (SSSR count). The Bertz CT molecular complexity index is 1060. The minimum Gasteiger partial charge on any atom is -0.207 e. The van der Waals surface area contributed by atoms with Gasteiger partial charge in [-0.1, -0.05) is 42.3 Å². The highest BCUT2D eigenvalue weighted by atomic mass is 35.5. The van der Waals surface area contributed by atoms with Crippen molar-refractivity contribution < 1.29 is 16.8 Å². The van der Waals surface area contributed by atoms with Crippen LogP contribution in [0, 0.1) is 0 Å². The van der Waals surface area contributed by atoms with Crippen molar-refractivity contribution in [2.45, 2.75) is 23.1 Å². The second-order valence-electron chi connectivity index (χ2n) is 6.38. The van der Waals surface area contributed by atoms with Crippen LogP contribution < -0.4 is 0 Å². The first kappa shape index (κ1) is 21.5. The predicted octanol–water partition coefficient (Wildman–Crippen LogP) is 3.25. The molecule has 1 aliphatic rings. The first-order valence-corrected chi connectivity index (χ1v) is 12.3. The molecular formula is C18H20Cl2N2O4S2. The fourth-order valence-corrected chi connectivity index (χ4v) is 6.59. The van der Waals surface area contributed by atoms with E-state index in [1.54, 1.807) is 24.3 Å². The molecule has 152 valence electrons. The largest absolute Gasteiger partial charge is 0.244 e. The first-order valence-electron chi connectivity index (χ1n) is 8.70. The molecule has 2 aromatic rings. The Morgan fingerprint density at radius 3 is 1.89 bits per heavy atom. The van der Waals surface area contributed by atoms with Gasteiger partial charge in [0.25, 0.3) is 0 Å². The number of rotatable bonds is 5. The van der Waals surface area contributed by atoms with Crippen molar-refractivity contribution in [2.75, 3.05) is 26.2 Å². The van der Waals surface area contributed by atoms with Gasteiger partial charge < -0.3 is 0 Å². The van der Waals surface area contributed by atoms with Crippen molar-refractivity contribution in [3.63, 3.8) is 0 Å². The van der Waals surface area contributed by atoms with E-state index in [2.05, 4.69) is 0 Å². The molecule has 10 heteroatoms. The molecule has 0 spiro atoms. The summed E-state index contributed by atoms with van der Waals surface area (Å²) in [6.07, 6.45) is 0.822. The third kappa shape index (κ3) is 4.22. The van der Waals surface area contributed by atoms with Crippen molar-refractivity contribution in [1.82, 2.24) is 8.61 Å². The molecule has 1 fully saturated rings. The Labute approximate surface area is 175 Å². The van der Waals surface area contributed by atoms with Crippen LogP contribution in [-0.4, -0.2) is 51.6 Å². The lowest BCUT2D eigenvalue weighted by Gasteiger charge is -2.33.